The van der Waals surface area contributed by atoms with Crippen LogP contribution in [0.25, 0.3) is 0 Å². The molecular formula is C16H15BrClNO2S. The van der Waals surface area contributed by atoms with Crippen molar-refractivity contribution in [1.29, 1.82) is 0 Å². The number of thioether (sulfide) groups is 1. The first kappa shape index (κ1) is 17.2. The van der Waals surface area contributed by atoms with Crippen LogP contribution in [-0.2, 0) is 10.5 Å². The highest BCUT2D eigenvalue weighted by molar-refractivity contribution is 9.10. The second-order valence-corrected chi connectivity index (χ2v) is 6.74. The third-order valence-corrected chi connectivity index (χ3v) is 4.82. The third-order valence-electron chi connectivity index (χ3n) is 2.87. The summed E-state index contributed by atoms with van der Waals surface area (Å²) in [6.07, 6.45) is 0. The predicted molar refractivity (Wildman–Crippen MR) is 96.9 cm³/mol. The van der Waals surface area contributed by atoms with E-state index in [2.05, 4.69) is 21.2 Å². The maximum atomic E-state index is 11.9. The molecule has 0 radical (unpaired) electrons. The molecule has 0 unspecified atom stereocenters. The second-order valence-electron chi connectivity index (χ2n) is 4.49. The number of rotatable bonds is 6. The molecule has 0 aliphatic rings. The van der Waals surface area contributed by atoms with E-state index in [0.717, 1.165) is 21.5 Å². The lowest BCUT2D eigenvalue weighted by Gasteiger charge is -2.08. The lowest BCUT2D eigenvalue weighted by atomic mass is 10.2. The molecule has 0 aromatic heterocycles. The van der Waals surface area contributed by atoms with Gasteiger partial charge in [0.05, 0.1) is 28.0 Å². The van der Waals surface area contributed by atoms with Gasteiger partial charge in [0.25, 0.3) is 0 Å². The molecule has 0 bridgehead atoms. The van der Waals surface area contributed by atoms with Crippen molar-refractivity contribution < 1.29 is 9.53 Å². The van der Waals surface area contributed by atoms with Crippen molar-refractivity contribution in [3.63, 3.8) is 0 Å². The van der Waals surface area contributed by atoms with Crippen LogP contribution in [0.5, 0.6) is 5.75 Å². The molecule has 0 aliphatic heterocycles. The number of carbonyl (C=O) groups excluding carboxylic acids is 1. The molecule has 0 saturated heterocycles. The summed E-state index contributed by atoms with van der Waals surface area (Å²) in [5.41, 5.74) is 1.77. The van der Waals surface area contributed by atoms with Gasteiger partial charge >= 0.3 is 0 Å². The van der Waals surface area contributed by atoms with Gasteiger partial charge < -0.3 is 10.1 Å². The lowest BCUT2D eigenvalue weighted by Crippen LogP contribution is -2.14. The smallest absolute Gasteiger partial charge is 0.234 e. The van der Waals surface area contributed by atoms with E-state index < -0.39 is 0 Å². The first-order valence-corrected chi connectivity index (χ1v) is 8.87. The average Bonchev–Trinajstić information content (AvgIpc) is 2.50. The highest BCUT2D eigenvalue weighted by Gasteiger charge is 2.06. The number of carbonyl (C=O) groups is 1. The van der Waals surface area contributed by atoms with Gasteiger partial charge in [-0.05, 0) is 45.8 Å². The first-order valence-electron chi connectivity index (χ1n) is 6.54. The summed E-state index contributed by atoms with van der Waals surface area (Å²) in [6.45, 7) is 0. The number of anilines is 1. The average molecular weight is 401 g/mol. The van der Waals surface area contributed by atoms with E-state index in [-0.39, 0.29) is 5.91 Å². The number of amides is 1. The summed E-state index contributed by atoms with van der Waals surface area (Å²) in [5, 5.41) is 3.35. The fourth-order valence-electron chi connectivity index (χ4n) is 1.81. The van der Waals surface area contributed by atoms with E-state index in [1.54, 1.807) is 31.0 Å². The highest BCUT2D eigenvalue weighted by atomic mass is 79.9. The predicted octanol–water partition coefficient (Wildman–Crippen LogP) is 4.98. The normalized spacial score (nSPS) is 10.3. The quantitative estimate of drug-likeness (QED) is 0.743. The van der Waals surface area contributed by atoms with Crippen LogP contribution in [0.3, 0.4) is 0 Å². The molecule has 2 aromatic carbocycles. The molecule has 1 amide bonds. The lowest BCUT2D eigenvalue weighted by molar-refractivity contribution is -0.113. The van der Waals surface area contributed by atoms with Crippen molar-refractivity contribution in [2.24, 2.45) is 0 Å². The molecule has 1 N–H and O–H groups in total. The van der Waals surface area contributed by atoms with Crippen LogP contribution < -0.4 is 10.1 Å². The Kier molecular flexibility index (Phi) is 6.61. The van der Waals surface area contributed by atoms with Crippen molar-refractivity contribution >= 4 is 50.9 Å². The SMILES string of the molecule is COc1ccc(CSCC(=O)Nc2ccccc2Cl)cc1Br. The Morgan fingerprint density at radius 1 is 1.32 bits per heavy atom. The Balaban J connectivity index is 1.82. The highest BCUT2D eigenvalue weighted by Crippen LogP contribution is 2.27. The van der Waals surface area contributed by atoms with Crippen molar-refractivity contribution in [1.82, 2.24) is 0 Å². The fourth-order valence-corrected chi connectivity index (χ4v) is 3.36. The zero-order valence-electron chi connectivity index (χ0n) is 11.9. The molecule has 0 saturated carbocycles. The molecule has 0 spiro atoms. The van der Waals surface area contributed by atoms with E-state index in [4.69, 9.17) is 16.3 Å². The van der Waals surface area contributed by atoms with Crippen LogP contribution in [0.2, 0.25) is 5.02 Å². The standard InChI is InChI=1S/C16H15BrClNO2S/c1-21-15-7-6-11(8-12(15)17)9-22-10-16(20)19-14-5-3-2-4-13(14)18/h2-8H,9-10H2,1H3,(H,19,20). The van der Waals surface area contributed by atoms with Crippen molar-refractivity contribution in [3.8, 4) is 5.75 Å². The molecule has 116 valence electrons. The summed E-state index contributed by atoms with van der Waals surface area (Å²) in [4.78, 5) is 11.9. The van der Waals surface area contributed by atoms with Gasteiger partial charge in [-0.2, -0.15) is 0 Å². The molecule has 0 fully saturated rings. The minimum Gasteiger partial charge on any atom is -0.496 e. The first-order chi connectivity index (χ1) is 10.6. The molecule has 6 heteroatoms. The summed E-state index contributed by atoms with van der Waals surface area (Å²) in [7, 11) is 1.63. The number of hydrogen-bond donors (Lipinski definition) is 1. The zero-order chi connectivity index (χ0) is 15.9. The van der Waals surface area contributed by atoms with Gasteiger partial charge in [-0.1, -0.05) is 29.8 Å². The Hall–Kier alpha value is -1.17. The topological polar surface area (TPSA) is 38.3 Å². The summed E-state index contributed by atoms with van der Waals surface area (Å²) in [6, 6.07) is 13.1. The maximum absolute atomic E-state index is 11.9. The van der Waals surface area contributed by atoms with Gasteiger partial charge in [0, 0.05) is 5.75 Å². The molecule has 3 nitrogen and oxygen atoms in total. The van der Waals surface area contributed by atoms with E-state index >= 15 is 0 Å². The number of methoxy groups -OCH3 is 1. The molecule has 0 heterocycles. The number of hydrogen-bond acceptors (Lipinski definition) is 3. The van der Waals surface area contributed by atoms with E-state index in [0.29, 0.717) is 16.5 Å². The van der Waals surface area contributed by atoms with E-state index in [1.165, 1.54) is 0 Å². The van der Waals surface area contributed by atoms with E-state index in [1.807, 2.05) is 30.3 Å². The Morgan fingerprint density at radius 3 is 2.77 bits per heavy atom. The van der Waals surface area contributed by atoms with Gasteiger partial charge in [0.2, 0.25) is 5.91 Å². The molecule has 0 aliphatic carbocycles. The third kappa shape index (κ3) is 4.93. The monoisotopic (exact) mass is 399 g/mol. The Labute approximate surface area is 147 Å². The van der Waals surface area contributed by atoms with Gasteiger partial charge in [-0.25, -0.2) is 0 Å². The van der Waals surface area contributed by atoms with Crippen LogP contribution in [0.1, 0.15) is 5.56 Å². The molecule has 0 atom stereocenters. The number of halogens is 2. The van der Waals surface area contributed by atoms with Crippen molar-refractivity contribution in [2.45, 2.75) is 5.75 Å². The summed E-state index contributed by atoms with van der Waals surface area (Å²) >= 11 is 11.0. The molecule has 2 rings (SSSR count). The molecule has 22 heavy (non-hydrogen) atoms. The van der Waals surface area contributed by atoms with Crippen LogP contribution in [0, 0.1) is 0 Å². The Bertz CT molecular complexity index is 666. The van der Waals surface area contributed by atoms with Gasteiger partial charge in [0.1, 0.15) is 5.75 Å². The minimum absolute atomic E-state index is 0.0642. The van der Waals surface area contributed by atoms with Crippen molar-refractivity contribution in [3.05, 3.63) is 57.5 Å². The molecule has 2 aromatic rings. The number of para-hydroxylation sites is 1. The van der Waals surface area contributed by atoms with Crippen LogP contribution in [0.15, 0.2) is 46.9 Å². The van der Waals surface area contributed by atoms with E-state index in [9.17, 15) is 4.79 Å². The van der Waals surface area contributed by atoms with Crippen LogP contribution >= 0.6 is 39.3 Å². The van der Waals surface area contributed by atoms with Crippen LogP contribution in [-0.4, -0.2) is 18.8 Å². The van der Waals surface area contributed by atoms with Gasteiger partial charge in [-0.3, -0.25) is 4.79 Å². The Morgan fingerprint density at radius 2 is 2.09 bits per heavy atom. The number of ether oxygens (including phenoxy) is 1. The fraction of sp³-hybridized carbons (Fsp3) is 0.188. The van der Waals surface area contributed by atoms with Crippen molar-refractivity contribution in [2.75, 3.05) is 18.2 Å². The van der Waals surface area contributed by atoms with Crippen LogP contribution in [0.4, 0.5) is 5.69 Å². The summed E-state index contributed by atoms with van der Waals surface area (Å²) < 4.78 is 6.10. The van der Waals surface area contributed by atoms with Gasteiger partial charge in [0.15, 0.2) is 0 Å². The minimum atomic E-state index is -0.0642. The zero-order valence-corrected chi connectivity index (χ0v) is 15.1. The largest absolute Gasteiger partial charge is 0.496 e. The van der Waals surface area contributed by atoms with Gasteiger partial charge in [-0.15, -0.1) is 11.8 Å². The molecular weight excluding hydrogens is 386 g/mol. The number of benzene rings is 2. The second kappa shape index (κ2) is 8.46. The number of nitrogens with one attached hydrogen (secondary N) is 1. The summed E-state index contributed by atoms with van der Waals surface area (Å²) in [5.74, 6) is 1.85. The maximum Gasteiger partial charge on any atom is 0.234 e.